The summed E-state index contributed by atoms with van der Waals surface area (Å²) in [5, 5.41) is 13.7. The summed E-state index contributed by atoms with van der Waals surface area (Å²) < 4.78 is 1.80. The van der Waals surface area contributed by atoms with Gasteiger partial charge in [-0.25, -0.2) is 9.97 Å². The van der Waals surface area contributed by atoms with Crippen molar-refractivity contribution in [1.82, 2.24) is 29.8 Å². The summed E-state index contributed by atoms with van der Waals surface area (Å²) in [4.78, 5) is 14.1. The molecule has 0 radical (unpaired) electrons. The smallest absolute Gasteiger partial charge is 0.189 e. The van der Waals surface area contributed by atoms with Crippen LogP contribution in [0.15, 0.2) is 23.4 Å². The van der Waals surface area contributed by atoms with Gasteiger partial charge < -0.3 is 9.80 Å². The number of fused-ring (bicyclic) bond motifs is 1. The summed E-state index contributed by atoms with van der Waals surface area (Å²) in [6.07, 6.45) is 2.03. The van der Waals surface area contributed by atoms with Gasteiger partial charge in [0.2, 0.25) is 0 Å². The molecule has 0 amide bonds. The third kappa shape index (κ3) is 3.63. The number of rotatable bonds is 3. The Morgan fingerprint density at radius 2 is 1.61 bits per heavy atom. The van der Waals surface area contributed by atoms with E-state index in [4.69, 9.17) is 15.1 Å². The minimum absolute atomic E-state index is 0.0000181. The molecule has 8 nitrogen and oxygen atoms in total. The Balaban J connectivity index is 1.52. The Kier molecular flexibility index (Phi) is 4.86. The number of aromatic nitrogens is 6. The van der Waals surface area contributed by atoms with E-state index in [9.17, 15) is 0 Å². The van der Waals surface area contributed by atoms with E-state index in [2.05, 4.69) is 46.8 Å². The maximum absolute atomic E-state index is 4.76. The minimum atomic E-state index is 0.0000181. The molecule has 0 aliphatic carbocycles. The number of hydrogen-bond acceptors (Lipinski definition) is 8. The van der Waals surface area contributed by atoms with Gasteiger partial charge in [0, 0.05) is 37.7 Å². The number of hydrogen-bond donors (Lipinski definition) is 0. The van der Waals surface area contributed by atoms with Gasteiger partial charge in [-0.15, -0.1) is 15.3 Å². The molecule has 1 aliphatic rings. The number of thioether (sulfide) groups is 1. The first-order valence-electron chi connectivity index (χ1n) is 9.47. The molecule has 28 heavy (non-hydrogen) atoms. The zero-order valence-corrected chi connectivity index (χ0v) is 17.9. The topological polar surface area (TPSA) is 75.3 Å². The molecule has 3 aromatic heterocycles. The third-order valence-electron chi connectivity index (χ3n) is 4.98. The lowest BCUT2D eigenvalue weighted by molar-refractivity contribution is 0.555. The highest BCUT2D eigenvalue weighted by Gasteiger charge is 2.23. The van der Waals surface area contributed by atoms with Crippen LogP contribution < -0.4 is 9.80 Å². The summed E-state index contributed by atoms with van der Waals surface area (Å²) in [5.41, 5.74) is 1.86. The van der Waals surface area contributed by atoms with E-state index in [1.54, 1.807) is 16.3 Å². The average molecular weight is 399 g/mol. The lowest BCUT2D eigenvalue weighted by atomic mass is 9.92. The second-order valence-corrected chi connectivity index (χ2v) is 8.80. The van der Waals surface area contributed by atoms with E-state index in [1.165, 1.54) is 0 Å². The number of nitrogens with zero attached hydrogens (tertiary/aromatic N) is 8. The molecule has 148 valence electrons. The second-order valence-electron chi connectivity index (χ2n) is 8.03. The average Bonchev–Trinajstić information content (AvgIpc) is 3.07. The van der Waals surface area contributed by atoms with Gasteiger partial charge in [-0.05, 0) is 25.3 Å². The molecule has 1 saturated heterocycles. The standard InChI is InChI=1S/C19H26N8S/c1-13-22-23-15-6-7-16(24-27(13)15)25-8-10-26(11-9-25)17-12-14(19(2,3)4)20-18(21-17)28-5/h6-7,12H,8-11H2,1-5H3. The van der Waals surface area contributed by atoms with Crippen molar-refractivity contribution in [2.24, 2.45) is 0 Å². The molecule has 0 atom stereocenters. The van der Waals surface area contributed by atoms with Gasteiger partial charge in [0.15, 0.2) is 16.6 Å². The van der Waals surface area contributed by atoms with Crippen molar-refractivity contribution in [2.45, 2.75) is 38.3 Å². The highest BCUT2D eigenvalue weighted by Crippen LogP contribution is 2.27. The molecule has 3 aromatic rings. The molecule has 4 heterocycles. The van der Waals surface area contributed by atoms with Gasteiger partial charge in [-0.3, -0.25) is 0 Å². The lowest BCUT2D eigenvalue weighted by Gasteiger charge is -2.36. The zero-order chi connectivity index (χ0) is 19.9. The quantitative estimate of drug-likeness (QED) is 0.492. The van der Waals surface area contributed by atoms with Crippen molar-refractivity contribution in [3.63, 3.8) is 0 Å². The number of piperazine rings is 1. The van der Waals surface area contributed by atoms with Crippen LogP contribution >= 0.6 is 11.8 Å². The van der Waals surface area contributed by atoms with E-state index < -0.39 is 0 Å². The largest absolute Gasteiger partial charge is 0.353 e. The van der Waals surface area contributed by atoms with Crippen LogP contribution in [0.4, 0.5) is 11.6 Å². The molecule has 0 bridgehead atoms. The van der Waals surface area contributed by atoms with Crippen LogP contribution in [-0.2, 0) is 5.41 Å². The molecule has 1 aliphatic heterocycles. The maximum Gasteiger partial charge on any atom is 0.189 e. The highest BCUT2D eigenvalue weighted by atomic mass is 32.2. The molecule has 9 heteroatoms. The zero-order valence-electron chi connectivity index (χ0n) is 17.0. The van der Waals surface area contributed by atoms with Crippen LogP contribution in [0, 0.1) is 6.92 Å². The highest BCUT2D eigenvalue weighted by molar-refractivity contribution is 7.98. The molecular formula is C19H26N8S. The van der Waals surface area contributed by atoms with Gasteiger partial charge in [-0.1, -0.05) is 32.5 Å². The van der Waals surface area contributed by atoms with Crippen molar-refractivity contribution in [2.75, 3.05) is 42.2 Å². The lowest BCUT2D eigenvalue weighted by Crippen LogP contribution is -2.47. The van der Waals surface area contributed by atoms with Crippen LogP contribution in [0.1, 0.15) is 32.3 Å². The van der Waals surface area contributed by atoms with E-state index >= 15 is 0 Å². The minimum Gasteiger partial charge on any atom is -0.353 e. The van der Waals surface area contributed by atoms with Crippen LogP contribution in [0.25, 0.3) is 5.65 Å². The van der Waals surface area contributed by atoms with Crippen LogP contribution in [0.5, 0.6) is 0 Å². The summed E-state index contributed by atoms with van der Waals surface area (Å²) in [7, 11) is 0. The fourth-order valence-electron chi connectivity index (χ4n) is 3.27. The Hall–Kier alpha value is -2.42. The summed E-state index contributed by atoms with van der Waals surface area (Å²) in [6, 6.07) is 6.13. The van der Waals surface area contributed by atoms with Crippen molar-refractivity contribution in [1.29, 1.82) is 0 Å². The monoisotopic (exact) mass is 398 g/mol. The van der Waals surface area contributed by atoms with Gasteiger partial charge in [0.1, 0.15) is 11.6 Å². The van der Waals surface area contributed by atoms with Gasteiger partial charge in [0.25, 0.3) is 0 Å². The van der Waals surface area contributed by atoms with E-state index in [0.717, 1.165) is 60.1 Å². The summed E-state index contributed by atoms with van der Waals surface area (Å²) in [6.45, 7) is 12.1. The molecule has 0 unspecified atom stereocenters. The Labute approximate surface area is 169 Å². The first-order chi connectivity index (χ1) is 13.3. The summed E-state index contributed by atoms with van der Waals surface area (Å²) >= 11 is 1.59. The Morgan fingerprint density at radius 3 is 2.25 bits per heavy atom. The fraction of sp³-hybridized carbons (Fsp3) is 0.526. The fourth-order valence-corrected chi connectivity index (χ4v) is 3.64. The third-order valence-corrected chi connectivity index (χ3v) is 5.52. The normalized spacial score (nSPS) is 15.5. The Morgan fingerprint density at radius 1 is 0.929 bits per heavy atom. The predicted octanol–water partition coefficient (Wildman–Crippen LogP) is 2.57. The Bertz CT molecular complexity index is 985. The first kappa shape index (κ1) is 18.9. The van der Waals surface area contributed by atoms with Crippen molar-refractivity contribution >= 4 is 29.0 Å². The molecule has 0 saturated carbocycles. The molecule has 0 N–H and O–H groups in total. The van der Waals surface area contributed by atoms with Crippen LogP contribution in [-0.4, -0.2) is 62.2 Å². The molecule has 1 fully saturated rings. The van der Waals surface area contributed by atoms with Gasteiger partial charge in [-0.2, -0.15) is 4.52 Å². The first-order valence-corrected chi connectivity index (χ1v) is 10.7. The molecule has 4 rings (SSSR count). The van der Waals surface area contributed by atoms with Crippen molar-refractivity contribution in [3.05, 3.63) is 29.7 Å². The molecule has 0 aromatic carbocycles. The van der Waals surface area contributed by atoms with Crippen LogP contribution in [0.3, 0.4) is 0 Å². The second kappa shape index (κ2) is 7.20. The van der Waals surface area contributed by atoms with E-state index in [0.29, 0.717) is 0 Å². The maximum atomic E-state index is 4.76. The van der Waals surface area contributed by atoms with Crippen molar-refractivity contribution in [3.8, 4) is 0 Å². The van der Waals surface area contributed by atoms with Crippen molar-refractivity contribution < 1.29 is 0 Å². The molecule has 0 spiro atoms. The number of aryl methyl sites for hydroxylation is 1. The van der Waals surface area contributed by atoms with E-state index in [1.807, 2.05) is 25.3 Å². The predicted molar refractivity (Wildman–Crippen MR) is 112 cm³/mol. The van der Waals surface area contributed by atoms with Gasteiger partial charge in [0.05, 0.1) is 5.69 Å². The SMILES string of the molecule is CSc1nc(N2CCN(c3ccc4nnc(C)n4n3)CC2)cc(C(C)(C)C)n1. The molecular weight excluding hydrogens is 372 g/mol. The van der Waals surface area contributed by atoms with Crippen LogP contribution in [0.2, 0.25) is 0 Å². The van der Waals surface area contributed by atoms with Gasteiger partial charge >= 0.3 is 0 Å². The number of anilines is 2. The summed E-state index contributed by atoms with van der Waals surface area (Å²) in [5.74, 6) is 2.77. The van der Waals surface area contributed by atoms with E-state index in [-0.39, 0.29) is 5.41 Å².